The molecule has 0 spiro atoms. The third kappa shape index (κ3) is 4.36. The number of nitrogens with one attached hydrogen (secondary N) is 2. The SMILES string of the molecule is Cc1ccc([C@@H](NC(=O)CNC(=O)c2ccco2)c2cccs2)cc1. The van der Waals surface area contributed by atoms with Crippen molar-refractivity contribution in [2.75, 3.05) is 6.54 Å². The topological polar surface area (TPSA) is 71.3 Å². The van der Waals surface area contributed by atoms with Crippen LogP contribution in [0.15, 0.2) is 64.6 Å². The van der Waals surface area contributed by atoms with Crippen molar-refractivity contribution in [2.24, 2.45) is 0 Å². The van der Waals surface area contributed by atoms with Gasteiger partial charge in [-0.05, 0) is 36.1 Å². The number of rotatable bonds is 6. The van der Waals surface area contributed by atoms with E-state index in [0.29, 0.717) is 0 Å². The second-order valence-corrected chi connectivity index (χ2v) is 6.57. The van der Waals surface area contributed by atoms with Gasteiger partial charge < -0.3 is 15.1 Å². The first-order valence-corrected chi connectivity index (χ1v) is 8.72. The van der Waals surface area contributed by atoms with Gasteiger partial charge in [0.05, 0.1) is 18.8 Å². The highest BCUT2D eigenvalue weighted by molar-refractivity contribution is 7.10. The molecule has 0 bridgehead atoms. The Kier molecular flexibility index (Phi) is 5.30. The van der Waals surface area contributed by atoms with E-state index in [4.69, 9.17) is 4.42 Å². The van der Waals surface area contributed by atoms with E-state index < -0.39 is 5.91 Å². The fourth-order valence-corrected chi connectivity index (χ4v) is 3.20. The number of carbonyl (C=O) groups is 2. The van der Waals surface area contributed by atoms with E-state index in [0.717, 1.165) is 16.0 Å². The molecule has 0 saturated heterocycles. The fourth-order valence-electron chi connectivity index (χ4n) is 2.40. The number of furan rings is 1. The van der Waals surface area contributed by atoms with E-state index in [9.17, 15) is 9.59 Å². The van der Waals surface area contributed by atoms with Gasteiger partial charge in [-0.15, -0.1) is 11.3 Å². The van der Waals surface area contributed by atoms with Crippen molar-refractivity contribution in [1.82, 2.24) is 10.6 Å². The molecule has 1 aromatic carbocycles. The van der Waals surface area contributed by atoms with Gasteiger partial charge in [0.25, 0.3) is 5.91 Å². The number of thiophene rings is 1. The van der Waals surface area contributed by atoms with Crippen molar-refractivity contribution < 1.29 is 14.0 Å². The molecule has 2 amide bonds. The Morgan fingerprint density at radius 1 is 1.12 bits per heavy atom. The van der Waals surface area contributed by atoms with Crippen LogP contribution < -0.4 is 10.6 Å². The molecule has 0 unspecified atom stereocenters. The number of benzene rings is 1. The van der Waals surface area contributed by atoms with E-state index in [1.807, 2.05) is 48.7 Å². The largest absolute Gasteiger partial charge is 0.459 e. The highest BCUT2D eigenvalue weighted by atomic mass is 32.1. The van der Waals surface area contributed by atoms with Crippen LogP contribution in [0, 0.1) is 6.92 Å². The normalized spacial score (nSPS) is 11.7. The summed E-state index contributed by atoms with van der Waals surface area (Å²) in [5.41, 5.74) is 2.16. The summed E-state index contributed by atoms with van der Waals surface area (Å²) < 4.78 is 5.01. The Hall–Kier alpha value is -2.86. The monoisotopic (exact) mass is 354 g/mol. The predicted molar refractivity (Wildman–Crippen MR) is 96.5 cm³/mol. The summed E-state index contributed by atoms with van der Waals surface area (Å²) in [5.74, 6) is -0.497. The van der Waals surface area contributed by atoms with Crippen molar-refractivity contribution in [2.45, 2.75) is 13.0 Å². The van der Waals surface area contributed by atoms with Crippen LogP contribution in [-0.2, 0) is 4.79 Å². The van der Waals surface area contributed by atoms with E-state index in [1.165, 1.54) is 6.26 Å². The van der Waals surface area contributed by atoms with Crippen LogP contribution in [-0.4, -0.2) is 18.4 Å². The Morgan fingerprint density at radius 2 is 1.92 bits per heavy atom. The van der Waals surface area contributed by atoms with Crippen molar-refractivity contribution in [3.8, 4) is 0 Å². The highest BCUT2D eigenvalue weighted by Gasteiger charge is 2.18. The molecule has 128 valence electrons. The molecular formula is C19H18N2O3S. The molecule has 0 radical (unpaired) electrons. The average molecular weight is 354 g/mol. The van der Waals surface area contributed by atoms with Crippen LogP contribution in [0.3, 0.4) is 0 Å². The van der Waals surface area contributed by atoms with Gasteiger partial charge in [0.2, 0.25) is 5.91 Å². The van der Waals surface area contributed by atoms with Crippen LogP contribution in [0.25, 0.3) is 0 Å². The Labute approximate surface area is 149 Å². The summed E-state index contributed by atoms with van der Waals surface area (Å²) in [4.78, 5) is 25.2. The molecule has 0 saturated carbocycles. The Balaban J connectivity index is 1.67. The number of hydrogen-bond donors (Lipinski definition) is 2. The van der Waals surface area contributed by atoms with Gasteiger partial charge in [0.1, 0.15) is 0 Å². The average Bonchev–Trinajstić information content (AvgIpc) is 3.31. The van der Waals surface area contributed by atoms with Gasteiger partial charge in [-0.25, -0.2) is 0 Å². The maximum absolute atomic E-state index is 12.3. The minimum absolute atomic E-state index is 0.118. The lowest BCUT2D eigenvalue weighted by molar-refractivity contribution is -0.120. The van der Waals surface area contributed by atoms with Crippen LogP contribution in [0.4, 0.5) is 0 Å². The first-order valence-electron chi connectivity index (χ1n) is 7.84. The number of carbonyl (C=O) groups excluding carboxylic acids is 2. The van der Waals surface area contributed by atoms with Gasteiger partial charge in [-0.3, -0.25) is 9.59 Å². The third-order valence-electron chi connectivity index (χ3n) is 3.70. The lowest BCUT2D eigenvalue weighted by Crippen LogP contribution is -2.38. The summed E-state index contributed by atoms with van der Waals surface area (Å²) >= 11 is 1.58. The molecule has 25 heavy (non-hydrogen) atoms. The summed E-state index contributed by atoms with van der Waals surface area (Å²) in [5, 5.41) is 7.51. The molecule has 0 fully saturated rings. The fraction of sp³-hybridized carbons (Fsp3) is 0.158. The van der Waals surface area contributed by atoms with Crippen LogP contribution in [0.5, 0.6) is 0 Å². The van der Waals surface area contributed by atoms with E-state index in [2.05, 4.69) is 10.6 Å². The quantitative estimate of drug-likeness (QED) is 0.713. The molecule has 3 aromatic rings. The van der Waals surface area contributed by atoms with Crippen LogP contribution in [0.1, 0.15) is 32.6 Å². The van der Waals surface area contributed by atoms with Crippen molar-refractivity contribution >= 4 is 23.2 Å². The second kappa shape index (κ2) is 7.81. The zero-order chi connectivity index (χ0) is 17.6. The molecule has 2 N–H and O–H groups in total. The van der Waals surface area contributed by atoms with E-state index in [-0.39, 0.29) is 24.3 Å². The summed E-state index contributed by atoms with van der Waals surface area (Å²) in [6.45, 7) is 1.90. The van der Waals surface area contributed by atoms with E-state index >= 15 is 0 Å². The number of hydrogen-bond acceptors (Lipinski definition) is 4. The summed E-state index contributed by atoms with van der Waals surface area (Å²) in [6, 6.07) is 14.9. The van der Waals surface area contributed by atoms with Crippen LogP contribution in [0.2, 0.25) is 0 Å². The van der Waals surface area contributed by atoms with Crippen molar-refractivity contribution in [3.63, 3.8) is 0 Å². The van der Waals surface area contributed by atoms with Gasteiger partial charge in [-0.1, -0.05) is 35.9 Å². The Bertz CT molecular complexity index is 824. The lowest BCUT2D eigenvalue weighted by atomic mass is 10.0. The van der Waals surface area contributed by atoms with Gasteiger partial charge in [0, 0.05) is 4.88 Å². The summed E-state index contributed by atoms with van der Waals surface area (Å²) in [7, 11) is 0. The maximum Gasteiger partial charge on any atom is 0.287 e. The van der Waals surface area contributed by atoms with Gasteiger partial charge >= 0.3 is 0 Å². The van der Waals surface area contributed by atoms with Gasteiger partial charge in [-0.2, -0.15) is 0 Å². The van der Waals surface area contributed by atoms with Crippen LogP contribution >= 0.6 is 11.3 Å². The lowest BCUT2D eigenvalue weighted by Gasteiger charge is -2.18. The molecule has 2 heterocycles. The highest BCUT2D eigenvalue weighted by Crippen LogP contribution is 2.26. The maximum atomic E-state index is 12.3. The molecule has 3 rings (SSSR count). The molecule has 5 nitrogen and oxygen atoms in total. The summed E-state index contributed by atoms with van der Waals surface area (Å²) in [6.07, 6.45) is 1.42. The van der Waals surface area contributed by atoms with Crippen molar-refractivity contribution in [1.29, 1.82) is 0 Å². The van der Waals surface area contributed by atoms with Crippen molar-refractivity contribution in [3.05, 3.63) is 81.9 Å². The minimum atomic E-state index is -0.414. The van der Waals surface area contributed by atoms with E-state index in [1.54, 1.807) is 23.5 Å². The van der Waals surface area contributed by atoms with Gasteiger partial charge in [0.15, 0.2) is 5.76 Å². The Morgan fingerprint density at radius 3 is 2.56 bits per heavy atom. The standard InChI is InChI=1S/C19H18N2O3S/c1-13-6-8-14(9-7-13)18(16-5-3-11-25-16)21-17(22)12-20-19(23)15-4-2-10-24-15/h2-11,18H,12H2,1H3,(H,20,23)(H,21,22)/t18-/m1/s1. The minimum Gasteiger partial charge on any atom is -0.459 e. The molecule has 2 aromatic heterocycles. The first-order chi connectivity index (χ1) is 12.1. The molecule has 0 aliphatic rings. The molecule has 0 aliphatic heterocycles. The number of amides is 2. The first kappa shape index (κ1) is 17.0. The smallest absolute Gasteiger partial charge is 0.287 e. The molecule has 1 atom stereocenters. The second-order valence-electron chi connectivity index (χ2n) is 5.59. The third-order valence-corrected chi connectivity index (χ3v) is 4.64. The molecular weight excluding hydrogens is 336 g/mol. The number of aryl methyl sites for hydroxylation is 1. The molecule has 6 heteroatoms. The predicted octanol–water partition coefficient (Wildman–Crippen LogP) is 3.29. The zero-order valence-electron chi connectivity index (χ0n) is 13.7. The molecule has 0 aliphatic carbocycles. The zero-order valence-corrected chi connectivity index (χ0v) is 14.5.